The standard InChI is InChI=1S/C9H6N2/c10-5-7-3-6-4-8(11)1-2-9(6)7/h1-4H,11H2. The van der Waals surface area contributed by atoms with Gasteiger partial charge in [0.2, 0.25) is 0 Å². The van der Waals surface area contributed by atoms with Crippen LogP contribution in [0.4, 0.5) is 5.69 Å². The maximum atomic E-state index is 8.55. The zero-order valence-electron chi connectivity index (χ0n) is 5.83. The van der Waals surface area contributed by atoms with Crippen molar-refractivity contribution in [3.05, 3.63) is 29.3 Å². The van der Waals surface area contributed by atoms with E-state index < -0.39 is 0 Å². The van der Waals surface area contributed by atoms with Crippen LogP contribution in [-0.2, 0) is 0 Å². The quantitative estimate of drug-likeness (QED) is 0.560. The van der Waals surface area contributed by atoms with Crippen molar-refractivity contribution in [3.8, 4) is 6.07 Å². The third-order valence-electron chi connectivity index (χ3n) is 1.79. The van der Waals surface area contributed by atoms with Crippen LogP contribution in [0.3, 0.4) is 0 Å². The summed E-state index contributed by atoms with van der Waals surface area (Å²) < 4.78 is 0. The Balaban J connectivity index is 2.53. The number of hydrogen-bond donors (Lipinski definition) is 1. The zero-order chi connectivity index (χ0) is 7.84. The molecule has 0 bridgehead atoms. The molecule has 0 saturated carbocycles. The van der Waals surface area contributed by atoms with Gasteiger partial charge in [-0.05, 0) is 29.3 Å². The number of nitriles is 1. The summed E-state index contributed by atoms with van der Waals surface area (Å²) in [6.07, 6.45) is 1.84. The summed E-state index contributed by atoms with van der Waals surface area (Å²) in [7, 11) is 0. The summed E-state index contributed by atoms with van der Waals surface area (Å²) in [4.78, 5) is 0. The molecule has 0 saturated heterocycles. The molecule has 2 heteroatoms. The van der Waals surface area contributed by atoms with Gasteiger partial charge in [0.15, 0.2) is 0 Å². The first-order valence-corrected chi connectivity index (χ1v) is 3.33. The molecule has 2 rings (SSSR count). The fourth-order valence-electron chi connectivity index (χ4n) is 1.19. The molecule has 0 radical (unpaired) electrons. The highest BCUT2D eigenvalue weighted by molar-refractivity contribution is 6.02. The van der Waals surface area contributed by atoms with Crippen LogP contribution in [0.2, 0.25) is 0 Å². The number of nitrogens with zero attached hydrogens (tertiary/aromatic N) is 1. The molecule has 0 atom stereocenters. The Kier molecular flexibility index (Phi) is 1.02. The van der Waals surface area contributed by atoms with E-state index in [0.29, 0.717) is 0 Å². The van der Waals surface area contributed by atoms with E-state index in [1.807, 2.05) is 24.3 Å². The zero-order valence-corrected chi connectivity index (χ0v) is 5.83. The van der Waals surface area contributed by atoms with E-state index >= 15 is 0 Å². The van der Waals surface area contributed by atoms with Crippen molar-refractivity contribution >= 4 is 17.3 Å². The highest BCUT2D eigenvalue weighted by atomic mass is 14.5. The lowest BCUT2D eigenvalue weighted by Gasteiger charge is -2.13. The van der Waals surface area contributed by atoms with Gasteiger partial charge in [-0.2, -0.15) is 5.26 Å². The summed E-state index contributed by atoms with van der Waals surface area (Å²) >= 11 is 0. The molecule has 1 aliphatic carbocycles. The Hall–Kier alpha value is -1.75. The Morgan fingerprint density at radius 3 is 2.82 bits per heavy atom. The molecule has 0 heterocycles. The summed E-state index contributed by atoms with van der Waals surface area (Å²) in [5, 5.41) is 8.55. The second-order valence-corrected chi connectivity index (χ2v) is 2.52. The first-order chi connectivity index (χ1) is 5.31. The minimum absolute atomic E-state index is 0.747. The van der Waals surface area contributed by atoms with Gasteiger partial charge in [-0.3, -0.25) is 0 Å². The van der Waals surface area contributed by atoms with Crippen LogP contribution < -0.4 is 5.73 Å². The van der Waals surface area contributed by atoms with E-state index in [-0.39, 0.29) is 0 Å². The maximum Gasteiger partial charge on any atom is 0.0998 e. The molecule has 0 unspecified atom stereocenters. The first kappa shape index (κ1) is 5.99. The van der Waals surface area contributed by atoms with Crippen LogP contribution in [-0.4, -0.2) is 0 Å². The molecule has 0 aromatic heterocycles. The monoisotopic (exact) mass is 142 g/mol. The van der Waals surface area contributed by atoms with Gasteiger partial charge < -0.3 is 5.73 Å². The molecule has 1 aromatic rings. The molecule has 0 amide bonds. The Morgan fingerprint density at radius 1 is 1.36 bits per heavy atom. The predicted octanol–water partition coefficient (Wildman–Crippen LogP) is 1.65. The lowest BCUT2D eigenvalue weighted by Crippen LogP contribution is -1.98. The smallest absolute Gasteiger partial charge is 0.0998 e. The normalized spacial score (nSPS) is 12.5. The van der Waals surface area contributed by atoms with E-state index in [0.717, 1.165) is 22.4 Å². The molecule has 1 aliphatic rings. The second kappa shape index (κ2) is 1.86. The molecule has 11 heavy (non-hydrogen) atoms. The fourth-order valence-corrected chi connectivity index (χ4v) is 1.19. The number of nitrogens with two attached hydrogens (primary N) is 1. The van der Waals surface area contributed by atoms with Gasteiger partial charge in [0, 0.05) is 5.69 Å². The van der Waals surface area contributed by atoms with Crippen molar-refractivity contribution in [2.75, 3.05) is 5.73 Å². The van der Waals surface area contributed by atoms with Crippen LogP contribution >= 0.6 is 0 Å². The lowest BCUT2D eigenvalue weighted by molar-refractivity contribution is 1.49. The molecule has 52 valence electrons. The van der Waals surface area contributed by atoms with Gasteiger partial charge in [-0.25, -0.2) is 0 Å². The topological polar surface area (TPSA) is 49.8 Å². The van der Waals surface area contributed by atoms with E-state index in [4.69, 9.17) is 11.0 Å². The summed E-state index contributed by atoms with van der Waals surface area (Å²) in [5.74, 6) is 0. The largest absolute Gasteiger partial charge is 0.399 e. The van der Waals surface area contributed by atoms with Gasteiger partial charge >= 0.3 is 0 Å². The SMILES string of the molecule is N#CC1=Cc2cc(N)ccc21. The van der Waals surface area contributed by atoms with Crippen molar-refractivity contribution in [2.45, 2.75) is 0 Å². The Morgan fingerprint density at radius 2 is 2.18 bits per heavy atom. The van der Waals surface area contributed by atoms with E-state index in [9.17, 15) is 0 Å². The van der Waals surface area contributed by atoms with Crippen LogP contribution in [0.5, 0.6) is 0 Å². The molecule has 1 aromatic carbocycles. The average Bonchev–Trinajstić information content (AvgIpc) is 1.95. The maximum absolute atomic E-state index is 8.55. The third-order valence-corrected chi connectivity index (χ3v) is 1.79. The molecular weight excluding hydrogens is 136 g/mol. The number of rotatable bonds is 0. The van der Waals surface area contributed by atoms with E-state index in [1.165, 1.54) is 0 Å². The van der Waals surface area contributed by atoms with Crippen molar-refractivity contribution in [1.29, 1.82) is 5.26 Å². The number of hydrogen-bond acceptors (Lipinski definition) is 2. The minimum atomic E-state index is 0.747. The summed E-state index contributed by atoms with van der Waals surface area (Å²) in [6.45, 7) is 0. The number of allylic oxidation sites excluding steroid dienone is 1. The van der Waals surface area contributed by atoms with Gasteiger partial charge in [-0.15, -0.1) is 0 Å². The molecule has 2 N–H and O–H groups in total. The molecular formula is C9H6N2. The fraction of sp³-hybridized carbons (Fsp3) is 0. The van der Waals surface area contributed by atoms with E-state index in [1.54, 1.807) is 0 Å². The van der Waals surface area contributed by atoms with Crippen LogP contribution in [0.15, 0.2) is 18.2 Å². The van der Waals surface area contributed by atoms with Crippen LogP contribution in [0.25, 0.3) is 11.6 Å². The Labute approximate surface area is 64.6 Å². The van der Waals surface area contributed by atoms with Crippen molar-refractivity contribution in [3.63, 3.8) is 0 Å². The third kappa shape index (κ3) is 0.714. The van der Waals surface area contributed by atoms with Crippen molar-refractivity contribution < 1.29 is 0 Å². The highest BCUT2D eigenvalue weighted by Gasteiger charge is 2.14. The van der Waals surface area contributed by atoms with Gasteiger partial charge in [-0.1, -0.05) is 6.07 Å². The number of nitrogen functional groups attached to an aromatic ring is 1. The average molecular weight is 142 g/mol. The summed E-state index contributed by atoms with van der Waals surface area (Å²) in [5.41, 5.74) is 9.12. The van der Waals surface area contributed by atoms with Crippen LogP contribution in [0, 0.1) is 11.3 Å². The molecule has 0 fully saturated rings. The Bertz CT molecular complexity index is 383. The number of benzene rings is 1. The minimum Gasteiger partial charge on any atom is -0.399 e. The van der Waals surface area contributed by atoms with Crippen LogP contribution in [0.1, 0.15) is 11.1 Å². The first-order valence-electron chi connectivity index (χ1n) is 3.33. The summed E-state index contributed by atoms with van der Waals surface area (Å²) in [6, 6.07) is 7.66. The van der Waals surface area contributed by atoms with Gasteiger partial charge in [0.1, 0.15) is 0 Å². The molecule has 0 aliphatic heterocycles. The highest BCUT2D eigenvalue weighted by Crippen LogP contribution is 2.32. The number of fused-ring (bicyclic) bond motifs is 1. The lowest BCUT2D eigenvalue weighted by atomic mass is 9.89. The molecule has 2 nitrogen and oxygen atoms in total. The van der Waals surface area contributed by atoms with Crippen molar-refractivity contribution in [1.82, 2.24) is 0 Å². The van der Waals surface area contributed by atoms with E-state index in [2.05, 4.69) is 6.07 Å². The van der Waals surface area contributed by atoms with Crippen molar-refractivity contribution in [2.24, 2.45) is 0 Å². The number of anilines is 1. The predicted molar refractivity (Wildman–Crippen MR) is 44.3 cm³/mol. The van der Waals surface area contributed by atoms with Gasteiger partial charge in [0.25, 0.3) is 0 Å². The second-order valence-electron chi connectivity index (χ2n) is 2.52. The molecule has 0 spiro atoms. The van der Waals surface area contributed by atoms with Gasteiger partial charge in [0.05, 0.1) is 11.6 Å².